The Morgan fingerprint density at radius 1 is 1.35 bits per heavy atom. The van der Waals surface area contributed by atoms with Crippen LogP contribution in [0.1, 0.15) is 30.1 Å². The van der Waals surface area contributed by atoms with Crippen LogP contribution < -0.4 is 5.32 Å². The standard InChI is InChI=1S/C15H19N3OS/c1-10-5-3-4-6-13(10)20-9-14-17-15(19-18-14)12-8-16-7-11(12)2/h3-6,11-12,16H,7-9H2,1-2H3/t11-,12-/m1/s1. The second kappa shape index (κ2) is 5.97. The van der Waals surface area contributed by atoms with E-state index in [0.717, 1.165) is 30.6 Å². The summed E-state index contributed by atoms with van der Waals surface area (Å²) in [6.45, 7) is 6.31. The summed E-state index contributed by atoms with van der Waals surface area (Å²) in [5.74, 6) is 3.24. The fourth-order valence-corrected chi connectivity index (χ4v) is 3.35. The molecule has 106 valence electrons. The SMILES string of the molecule is Cc1ccccc1SCc1noc([C@@H]2CNC[C@H]2C)n1. The molecule has 1 aromatic heterocycles. The normalized spacial score (nSPS) is 22.3. The Bertz CT molecular complexity index is 584. The van der Waals surface area contributed by atoms with Crippen LogP contribution in [0.5, 0.6) is 0 Å². The van der Waals surface area contributed by atoms with E-state index in [4.69, 9.17) is 4.52 Å². The van der Waals surface area contributed by atoms with Crippen LogP contribution in [-0.4, -0.2) is 23.2 Å². The first kappa shape index (κ1) is 13.6. The Labute approximate surface area is 123 Å². The second-order valence-corrected chi connectivity index (χ2v) is 6.36. The summed E-state index contributed by atoms with van der Waals surface area (Å²) in [7, 11) is 0. The van der Waals surface area contributed by atoms with Crippen molar-refractivity contribution in [2.24, 2.45) is 5.92 Å². The average Bonchev–Trinajstić information content (AvgIpc) is 3.06. The van der Waals surface area contributed by atoms with Gasteiger partial charge in [0.1, 0.15) is 0 Å². The molecule has 1 fully saturated rings. The van der Waals surface area contributed by atoms with Gasteiger partial charge >= 0.3 is 0 Å². The van der Waals surface area contributed by atoms with E-state index in [1.165, 1.54) is 10.5 Å². The predicted molar refractivity (Wildman–Crippen MR) is 79.8 cm³/mol. The molecule has 0 unspecified atom stereocenters. The first-order valence-electron chi connectivity index (χ1n) is 6.95. The number of thioether (sulfide) groups is 1. The van der Waals surface area contributed by atoms with E-state index < -0.39 is 0 Å². The molecule has 1 N–H and O–H groups in total. The van der Waals surface area contributed by atoms with Crippen LogP contribution in [0.25, 0.3) is 0 Å². The molecule has 0 aliphatic carbocycles. The number of hydrogen-bond donors (Lipinski definition) is 1. The fraction of sp³-hybridized carbons (Fsp3) is 0.467. The third-order valence-electron chi connectivity index (χ3n) is 3.77. The minimum absolute atomic E-state index is 0.361. The van der Waals surface area contributed by atoms with Gasteiger partial charge in [-0.1, -0.05) is 30.3 Å². The van der Waals surface area contributed by atoms with Gasteiger partial charge < -0.3 is 9.84 Å². The fourth-order valence-electron chi connectivity index (χ4n) is 2.48. The summed E-state index contributed by atoms with van der Waals surface area (Å²) >= 11 is 1.76. The van der Waals surface area contributed by atoms with Crippen molar-refractivity contribution in [2.45, 2.75) is 30.4 Å². The number of nitrogens with one attached hydrogen (secondary N) is 1. The maximum Gasteiger partial charge on any atom is 0.231 e. The highest BCUT2D eigenvalue weighted by Gasteiger charge is 2.29. The van der Waals surface area contributed by atoms with Gasteiger partial charge in [-0.15, -0.1) is 11.8 Å². The molecule has 4 nitrogen and oxygen atoms in total. The monoisotopic (exact) mass is 289 g/mol. The van der Waals surface area contributed by atoms with E-state index in [-0.39, 0.29) is 0 Å². The van der Waals surface area contributed by atoms with Crippen molar-refractivity contribution >= 4 is 11.8 Å². The molecule has 2 heterocycles. The van der Waals surface area contributed by atoms with Crippen molar-refractivity contribution in [3.05, 3.63) is 41.5 Å². The van der Waals surface area contributed by atoms with Gasteiger partial charge in [0.2, 0.25) is 5.89 Å². The number of aryl methyl sites for hydroxylation is 1. The smallest absolute Gasteiger partial charge is 0.231 e. The van der Waals surface area contributed by atoms with E-state index in [0.29, 0.717) is 11.8 Å². The number of rotatable bonds is 4. The highest BCUT2D eigenvalue weighted by atomic mass is 32.2. The lowest BCUT2D eigenvalue weighted by molar-refractivity contribution is 0.337. The number of hydrogen-bond acceptors (Lipinski definition) is 5. The molecule has 0 spiro atoms. The maximum atomic E-state index is 5.42. The highest BCUT2D eigenvalue weighted by molar-refractivity contribution is 7.98. The van der Waals surface area contributed by atoms with Crippen LogP contribution in [0.15, 0.2) is 33.7 Å². The van der Waals surface area contributed by atoms with Gasteiger partial charge in [-0.25, -0.2) is 0 Å². The first-order valence-corrected chi connectivity index (χ1v) is 7.94. The topological polar surface area (TPSA) is 51.0 Å². The van der Waals surface area contributed by atoms with Crippen molar-refractivity contribution in [3.8, 4) is 0 Å². The van der Waals surface area contributed by atoms with Crippen molar-refractivity contribution in [2.75, 3.05) is 13.1 Å². The summed E-state index contributed by atoms with van der Waals surface area (Å²) in [5.41, 5.74) is 1.29. The van der Waals surface area contributed by atoms with Crippen LogP contribution in [-0.2, 0) is 5.75 Å². The number of aromatic nitrogens is 2. The lowest BCUT2D eigenvalue weighted by Crippen LogP contribution is -2.08. The number of benzene rings is 1. The number of nitrogens with zero attached hydrogens (tertiary/aromatic N) is 2. The summed E-state index contributed by atoms with van der Waals surface area (Å²) in [6.07, 6.45) is 0. The molecule has 1 aliphatic heterocycles. The largest absolute Gasteiger partial charge is 0.339 e. The van der Waals surface area contributed by atoms with E-state index in [9.17, 15) is 0 Å². The van der Waals surface area contributed by atoms with Crippen LogP contribution in [0.3, 0.4) is 0 Å². The van der Waals surface area contributed by atoms with Gasteiger partial charge in [0.05, 0.1) is 11.7 Å². The zero-order valence-electron chi connectivity index (χ0n) is 11.8. The lowest BCUT2D eigenvalue weighted by atomic mass is 9.98. The Morgan fingerprint density at radius 2 is 2.20 bits per heavy atom. The molecule has 1 saturated heterocycles. The molecule has 0 amide bonds. The summed E-state index contributed by atoms with van der Waals surface area (Å²) in [5, 5.41) is 7.47. The summed E-state index contributed by atoms with van der Waals surface area (Å²) in [6, 6.07) is 8.36. The van der Waals surface area contributed by atoms with Crippen molar-refractivity contribution < 1.29 is 4.52 Å². The molecule has 1 aliphatic rings. The molecule has 5 heteroatoms. The Hall–Kier alpha value is -1.33. The molecule has 2 atom stereocenters. The van der Waals surface area contributed by atoms with Crippen LogP contribution in [0.2, 0.25) is 0 Å². The van der Waals surface area contributed by atoms with Crippen molar-refractivity contribution in [1.29, 1.82) is 0 Å². The van der Waals surface area contributed by atoms with Crippen molar-refractivity contribution in [1.82, 2.24) is 15.5 Å². The van der Waals surface area contributed by atoms with E-state index in [2.05, 4.69) is 53.6 Å². The minimum atomic E-state index is 0.361. The Morgan fingerprint density at radius 3 is 2.95 bits per heavy atom. The van der Waals surface area contributed by atoms with Gasteiger partial charge in [0, 0.05) is 11.4 Å². The molecule has 2 aromatic rings. The van der Waals surface area contributed by atoms with Gasteiger partial charge in [-0.3, -0.25) is 0 Å². The molecule has 20 heavy (non-hydrogen) atoms. The summed E-state index contributed by atoms with van der Waals surface area (Å²) in [4.78, 5) is 5.82. The Kier molecular flexibility index (Phi) is 4.08. The van der Waals surface area contributed by atoms with Crippen LogP contribution in [0, 0.1) is 12.8 Å². The molecular weight excluding hydrogens is 270 g/mol. The second-order valence-electron chi connectivity index (χ2n) is 5.35. The van der Waals surface area contributed by atoms with Gasteiger partial charge in [-0.2, -0.15) is 4.98 Å². The zero-order valence-corrected chi connectivity index (χ0v) is 12.6. The van der Waals surface area contributed by atoms with Gasteiger partial charge in [-0.05, 0) is 31.0 Å². The minimum Gasteiger partial charge on any atom is -0.339 e. The van der Waals surface area contributed by atoms with E-state index in [1.54, 1.807) is 11.8 Å². The van der Waals surface area contributed by atoms with Crippen LogP contribution in [0.4, 0.5) is 0 Å². The average molecular weight is 289 g/mol. The molecular formula is C15H19N3OS. The molecule has 3 rings (SSSR count). The van der Waals surface area contributed by atoms with Crippen LogP contribution >= 0.6 is 11.8 Å². The first-order chi connectivity index (χ1) is 9.74. The quantitative estimate of drug-likeness (QED) is 0.877. The molecule has 0 bridgehead atoms. The summed E-state index contributed by atoms with van der Waals surface area (Å²) < 4.78 is 5.42. The lowest BCUT2D eigenvalue weighted by Gasteiger charge is -2.07. The predicted octanol–water partition coefficient (Wildman–Crippen LogP) is 2.99. The van der Waals surface area contributed by atoms with Gasteiger partial charge in [0.15, 0.2) is 5.82 Å². The third kappa shape index (κ3) is 2.88. The maximum absolute atomic E-state index is 5.42. The van der Waals surface area contributed by atoms with Crippen molar-refractivity contribution in [3.63, 3.8) is 0 Å². The zero-order chi connectivity index (χ0) is 13.9. The third-order valence-corrected chi connectivity index (χ3v) is 4.94. The molecule has 1 aromatic carbocycles. The van der Waals surface area contributed by atoms with E-state index >= 15 is 0 Å². The highest BCUT2D eigenvalue weighted by Crippen LogP contribution is 2.28. The molecule has 0 radical (unpaired) electrons. The molecule has 0 saturated carbocycles. The van der Waals surface area contributed by atoms with Gasteiger partial charge in [0.25, 0.3) is 0 Å². The Balaban J connectivity index is 1.64. The van der Waals surface area contributed by atoms with E-state index in [1.807, 2.05) is 0 Å².